The summed E-state index contributed by atoms with van der Waals surface area (Å²) in [5, 5.41) is 7.04. The third-order valence-corrected chi connectivity index (χ3v) is 4.10. The number of rotatable bonds is 4. The normalized spacial score (nSPS) is 12.4. The molecule has 1 unspecified atom stereocenters. The molecule has 94 valence electrons. The molecule has 3 nitrogen and oxygen atoms in total. The quantitative estimate of drug-likeness (QED) is 0.639. The van der Waals surface area contributed by atoms with Crippen molar-refractivity contribution in [1.29, 1.82) is 0 Å². The first-order valence-electron chi connectivity index (χ1n) is 5.00. The van der Waals surface area contributed by atoms with Crippen LogP contribution in [0.25, 0.3) is 0 Å². The molecule has 0 bridgehead atoms. The van der Waals surface area contributed by atoms with Crippen LogP contribution in [-0.2, 0) is 0 Å². The Morgan fingerprint density at radius 1 is 1.39 bits per heavy atom. The maximum absolute atomic E-state index is 13.0. The van der Waals surface area contributed by atoms with Gasteiger partial charge in [0.25, 0.3) is 0 Å². The van der Waals surface area contributed by atoms with Gasteiger partial charge in [0.1, 0.15) is 5.51 Å². The van der Waals surface area contributed by atoms with Crippen LogP contribution < -0.4 is 0 Å². The van der Waals surface area contributed by atoms with Gasteiger partial charge in [-0.15, -0.1) is 10.2 Å². The number of carbonyl (C=O) groups is 1. The van der Waals surface area contributed by atoms with Gasteiger partial charge in [0, 0.05) is 5.56 Å². The van der Waals surface area contributed by atoms with Crippen molar-refractivity contribution in [2.45, 2.75) is 16.5 Å². The van der Waals surface area contributed by atoms with Crippen LogP contribution in [0.2, 0.25) is 0 Å². The smallest absolute Gasteiger partial charge is 0.176 e. The Balaban J connectivity index is 2.12. The highest BCUT2D eigenvalue weighted by Gasteiger charge is 2.19. The van der Waals surface area contributed by atoms with Gasteiger partial charge in [-0.05, 0) is 25.1 Å². The predicted octanol–water partition coefficient (Wildman–Crippen LogP) is 3.18. The van der Waals surface area contributed by atoms with Crippen LogP contribution in [0.15, 0.2) is 28.0 Å². The topological polar surface area (TPSA) is 42.9 Å². The molecule has 1 atom stereocenters. The van der Waals surface area contributed by atoms with Crippen molar-refractivity contribution < 1.29 is 13.6 Å². The first kappa shape index (κ1) is 13.1. The van der Waals surface area contributed by atoms with Gasteiger partial charge in [0.2, 0.25) is 0 Å². The third kappa shape index (κ3) is 2.91. The standard InChI is InChI=1S/C11H8F2N2OS2/c1-6(18-11-15-14-5-17-11)10(16)7-2-3-8(12)9(13)4-7/h2-6H,1H3. The molecule has 0 aliphatic rings. The van der Waals surface area contributed by atoms with Gasteiger partial charge in [-0.3, -0.25) is 4.79 Å². The molecule has 2 aromatic rings. The van der Waals surface area contributed by atoms with Crippen LogP contribution in [0, 0.1) is 11.6 Å². The summed E-state index contributed by atoms with van der Waals surface area (Å²) in [5.41, 5.74) is 1.72. The number of hydrogen-bond acceptors (Lipinski definition) is 5. The number of nitrogens with zero attached hydrogens (tertiary/aromatic N) is 2. The predicted molar refractivity (Wildman–Crippen MR) is 65.9 cm³/mol. The number of benzene rings is 1. The lowest BCUT2D eigenvalue weighted by Crippen LogP contribution is -2.13. The maximum Gasteiger partial charge on any atom is 0.176 e. The lowest BCUT2D eigenvalue weighted by molar-refractivity contribution is 0.0993. The van der Waals surface area contributed by atoms with Gasteiger partial charge in [-0.1, -0.05) is 23.1 Å². The molecule has 1 aromatic heterocycles. The average Bonchev–Trinajstić information content (AvgIpc) is 2.84. The molecule has 0 saturated carbocycles. The van der Waals surface area contributed by atoms with Crippen molar-refractivity contribution in [3.8, 4) is 0 Å². The van der Waals surface area contributed by atoms with Crippen LogP contribution in [0.1, 0.15) is 17.3 Å². The minimum atomic E-state index is -1.02. The lowest BCUT2D eigenvalue weighted by Gasteiger charge is -2.08. The highest BCUT2D eigenvalue weighted by atomic mass is 32.2. The van der Waals surface area contributed by atoms with E-state index >= 15 is 0 Å². The summed E-state index contributed by atoms with van der Waals surface area (Å²) < 4.78 is 26.5. The van der Waals surface area contributed by atoms with Gasteiger partial charge in [0.05, 0.1) is 5.25 Å². The zero-order valence-electron chi connectivity index (χ0n) is 9.26. The van der Waals surface area contributed by atoms with Crippen molar-refractivity contribution in [2.24, 2.45) is 0 Å². The molecule has 2 rings (SSSR count). The first-order chi connectivity index (χ1) is 8.58. The van der Waals surface area contributed by atoms with Crippen LogP contribution in [-0.4, -0.2) is 21.2 Å². The SMILES string of the molecule is CC(Sc1nncs1)C(=O)c1ccc(F)c(F)c1. The largest absolute Gasteiger partial charge is 0.293 e. The number of carbonyl (C=O) groups excluding carboxylic acids is 1. The molecular formula is C11H8F2N2OS2. The minimum Gasteiger partial charge on any atom is -0.293 e. The van der Waals surface area contributed by atoms with Gasteiger partial charge >= 0.3 is 0 Å². The second-order valence-electron chi connectivity index (χ2n) is 3.46. The highest BCUT2D eigenvalue weighted by molar-refractivity contribution is 8.02. The van der Waals surface area contributed by atoms with Gasteiger partial charge in [-0.2, -0.15) is 0 Å². The number of ketones is 1. The monoisotopic (exact) mass is 286 g/mol. The second-order valence-corrected chi connectivity index (χ2v) is 5.88. The third-order valence-electron chi connectivity index (χ3n) is 2.19. The van der Waals surface area contributed by atoms with Crippen molar-refractivity contribution in [3.63, 3.8) is 0 Å². The van der Waals surface area contributed by atoms with E-state index in [0.717, 1.165) is 12.1 Å². The van der Waals surface area contributed by atoms with E-state index < -0.39 is 16.9 Å². The van der Waals surface area contributed by atoms with E-state index in [0.29, 0.717) is 4.34 Å². The molecule has 0 amide bonds. The molecule has 1 heterocycles. The van der Waals surface area contributed by atoms with Crippen molar-refractivity contribution in [3.05, 3.63) is 40.9 Å². The Hall–Kier alpha value is -1.34. The fourth-order valence-corrected chi connectivity index (χ4v) is 3.01. The molecule has 0 radical (unpaired) electrons. The van der Waals surface area contributed by atoms with Gasteiger partial charge < -0.3 is 0 Å². The van der Waals surface area contributed by atoms with Crippen LogP contribution in [0.3, 0.4) is 0 Å². The molecule has 0 aliphatic carbocycles. The summed E-state index contributed by atoms with van der Waals surface area (Å²) in [5.74, 6) is -2.25. The van der Waals surface area contributed by atoms with Crippen LogP contribution in [0.4, 0.5) is 8.78 Å². The molecule has 0 fully saturated rings. The summed E-state index contributed by atoms with van der Waals surface area (Å²) in [6.45, 7) is 1.69. The number of Topliss-reactive ketones (excluding diaryl/α,β-unsaturated/α-hetero) is 1. The highest BCUT2D eigenvalue weighted by Crippen LogP contribution is 2.26. The first-order valence-corrected chi connectivity index (χ1v) is 6.76. The van der Waals surface area contributed by atoms with Gasteiger partial charge in [-0.25, -0.2) is 8.78 Å². The Morgan fingerprint density at radius 3 is 2.78 bits per heavy atom. The average molecular weight is 286 g/mol. The second kappa shape index (κ2) is 5.53. The van der Waals surface area contributed by atoms with Crippen LogP contribution >= 0.6 is 23.1 Å². The zero-order valence-corrected chi connectivity index (χ0v) is 10.9. The Kier molecular flexibility index (Phi) is 4.03. The Morgan fingerprint density at radius 2 is 2.17 bits per heavy atom. The molecule has 0 spiro atoms. The zero-order chi connectivity index (χ0) is 13.1. The molecule has 1 aromatic carbocycles. The summed E-state index contributed by atoms with van der Waals surface area (Å²) in [6, 6.07) is 3.14. The van der Waals surface area contributed by atoms with Crippen molar-refractivity contribution in [1.82, 2.24) is 10.2 Å². The molecular weight excluding hydrogens is 278 g/mol. The molecule has 18 heavy (non-hydrogen) atoms. The molecule has 0 saturated heterocycles. The summed E-state index contributed by atoms with van der Waals surface area (Å²) in [4.78, 5) is 12.0. The van der Waals surface area contributed by atoms with E-state index in [-0.39, 0.29) is 11.3 Å². The lowest BCUT2D eigenvalue weighted by atomic mass is 10.1. The number of thioether (sulfide) groups is 1. The number of hydrogen-bond donors (Lipinski definition) is 0. The van der Waals surface area contributed by atoms with Crippen LogP contribution in [0.5, 0.6) is 0 Å². The molecule has 7 heteroatoms. The van der Waals surface area contributed by atoms with Crippen molar-refractivity contribution >= 4 is 28.9 Å². The molecule has 0 N–H and O–H groups in total. The minimum absolute atomic E-state index is 0.151. The van der Waals surface area contributed by atoms with E-state index in [1.807, 2.05) is 0 Å². The fourth-order valence-electron chi connectivity index (χ4n) is 1.30. The Bertz CT molecular complexity index is 560. The summed E-state index contributed by atoms with van der Waals surface area (Å²) in [7, 11) is 0. The van der Waals surface area contributed by atoms with Gasteiger partial charge in [0.15, 0.2) is 21.8 Å². The maximum atomic E-state index is 13.0. The van der Waals surface area contributed by atoms with Crippen molar-refractivity contribution in [2.75, 3.05) is 0 Å². The number of halogens is 2. The fraction of sp³-hybridized carbons (Fsp3) is 0.182. The van der Waals surface area contributed by atoms with E-state index in [1.54, 1.807) is 12.4 Å². The van der Waals surface area contributed by atoms with E-state index in [9.17, 15) is 13.6 Å². The summed E-state index contributed by atoms with van der Waals surface area (Å²) >= 11 is 2.57. The Labute approximate surface area is 110 Å². The van der Waals surface area contributed by atoms with E-state index in [2.05, 4.69) is 10.2 Å². The number of aromatic nitrogens is 2. The van der Waals surface area contributed by atoms with E-state index in [4.69, 9.17) is 0 Å². The molecule has 0 aliphatic heterocycles. The van der Waals surface area contributed by atoms with E-state index in [1.165, 1.54) is 29.2 Å². The summed E-state index contributed by atoms with van der Waals surface area (Å²) in [6.07, 6.45) is 0.